The normalized spacial score (nSPS) is 14.4. The van der Waals surface area contributed by atoms with Gasteiger partial charge < -0.3 is 14.8 Å². The van der Waals surface area contributed by atoms with Crippen LogP contribution in [0.4, 0.5) is 5.69 Å². The zero-order valence-electron chi connectivity index (χ0n) is 16.3. The molecule has 1 heterocycles. The summed E-state index contributed by atoms with van der Waals surface area (Å²) in [6, 6.07) is 12.8. The van der Waals surface area contributed by atoms with E-state index in [1.54, 1.807) is 18.2 Å². The van der Waals surface area contributed by atoms with E-state index in [0.717, 1.165) is 35.3 Å². The predicted molar refractivity (Wildman–Crippen MR) is 115 cm³/mol. The molecule has 0 spiro atoms. The van der Waals surface area contributed by atoms with E-state index in [1.165, 1.54) is 0 Å². The van der Waals surface area contributed by atoms with E-state index < -0.39 is 11.9 Å². The van der Waals surface area contributed by atoms with Crippen LogP contribution in [0.15, 0.2) is 63.8 Å². The maximum Gasteiger partial charge on any atom is 0.328 e. The van der Waals surface area contributed by atoms with Crippen LogP contribution in [-0.2, 0) is 16.0 Å². The van der Waals surface area contributed by atoms with Crippen LogP contribution in [0.25, 0.3) is 22.6 Å². The van der Waals surface area contributed by atoms with Crippen molar-refractivity contribution in [2.45, 2.75) is 19.8 Å². The molecule has 0 aliphatic heterocycles. The molecule has 6 heteroatoms. The number of carbonyl (C=O) groups excluding carboxylic acids is 1. The van der Waals surface area contributed by atoms with Crippen LogP contribution in [0.1, 0.15) is 28.9 Å². The molecule has 1 aliphatic carbocycles. The predicted octanol–water partition coefficient (Wildman–Crippen LogP) is 4.17. The minimum atomic E-state index is -1.21. The number of nitrogens with one attached hydrogen (secondary N) is 1. The van der Waals surface area contributed by atoms with Crippen LogP contribution < -0.4 is 10.7 Å². The van der Waals surface area contributed by atoms with Crippen LogP contribution in [0.5, 0.6) is 0 Å². The number of carboxylic acid groups (broad SMARTS) is 1. The van der Waals surface area contributed by atoms with Crippen LogP contribution in [0.3, 0.4) is 0 Å². The van der Waals surface area contributed by atoms with Gasteiger partial charge in [-0.15, -0.1) is 0 Å². The molecule has 1 amide bonds. The summed E-state index contributed by atoms with van der Waals surface area (Å²) in [4.78, 5) is 35.3. The van der Waals surface area contributed by atoms with E-state index in [4.69, 9.17) is 9.52 Å². The first kappa shape index (κ1) is 19.4. The van der Waals surface area contributed by atoms with Crippen molar-refractivity contribution in [3.63, 3.8) is 0 Å². The van der Waals surface area contributed by atoms with Gasteiger partial charge in [0.05, 0.1) is 5.39 Å². The third kappa shape index (κ3) is 3.80. The second kappa shape index (κ2) is 7.83. The van der Waals surface area contributed by atoms with Gasteiger partial charge in [0.25, 0.3) is 0 Å². The van der Waals surface area contributed by atoms with E-state index in [-0.39, 0.29) is 5.43 Å². The Morgan fingerprint density at radius 1 is 1.10 bits per heavy atom. The van der Waals surface area contributed by atoms with Crippen LogP contribution in [0, 0.1) is 6.92 Å². The summed E-state index contributed by atoms with van der Waals surface area (Å²) in [6.07, 6.45) is 5.09. The lowest BCUT2D eigenvalue weighted by molar-refractivity contribution is -0.131. The van der Waals surface area contributed by atoms with Gasteiger partial charge in [0.1, 0.15) is 11.3 Å². The highest BCUT2D eigenvalue weighted by Crippen LogP contribution is 2.35. The summed E-state index contributed by atoms with van der Waals surface area (Å²) in [5, 5.41) is 11.6. The Labute approximate surface area is 172 Å². The second-order valence-corrected chi connectivity index (χ2v) is 7.14. The van der Waals surface area contributed by atoms with E-state index >= 15 is 0 Å². The molecule has 1 aliphatic rings. The Kier molecular flexibility index (Phi) is 5.06. The molecule has 2 N–H and O–H groups in total. The monoisotopic (exact) mass is 401 g/mol. The number of rotatable bonds is 4. The zero-order chi connectivity index (χ0) is 21.3. The van der Waals surface area contributed by atoms with Gasteiger partial charge in [0.2, 0.25) is 5.91 Å². The van der Waals surface area contributed by atoms with E-state index in [2.05, 4.69) is 11.4 Å². The first-order valence-electron chi connectivity index (χ1n) is 9.50. The molecule has 0 atom stereocenters. The third-order valence-corrected chi connectivity index (χ3v) is 5.09. The molecule has 30 heavy (non-hydrogen) atoms. The molecule has 0 unspecified atom stereocenters. The molecule has 1 aromatic heterocycles. The fourth-order valence-corrected chi connectivity index (χ4v) is 3.57. The van der Waals surface area contributed by atoms with Crippen molar-refractivity contribution in [3.8, 4) is 0 Å². The Balaban J connectivity index is 1.73. The van der Waals surface area contributed by atoms with Gasteiger partial charge in [-0.2, -0.15) is 0 Å². The highest BCUT2D eigenvalue weighted by Gasteiger charge is 2.24. The minimum Gasteiger partial charge on any atom is -0.478 e. The van der Waals surface area contributed by atoms with Gasteiger partial charge in [-0.05, 0) is 54.7 Å². The number of hydrogen-bond acceptors (Lipinski definition) is 4. The first-order chi connectivity index (χ1) is 14.4. The van der Waals surface area contributed by atoms with Crippen molar-refractivity contribution >= 4 is 40.2 Å². The van der Waals surface area contributed by atoms with Crippen molar-refractivity contribution in [1.29, 1.82) is 0 Å². The molecule has 0 saturated heterocycles. The van der Waals surface area contributed by atoms with Gasteiger partial charge in [-0.3, -0.25) is 9.59 Å². The van der Waals surface area contributed by atoms with Crippen molar-refractivity contribution < 1.29 is 19.1 Å². The standard InChI is InChI=1S/C24H19NO5/c1-14-4-2-3-5-15(14)12-16-6-8-19-23(29)18-9-7-17(13-20(18)30-24(16)19)25-21(26)10-11-22(27)28/h2-5,7,9-13H,6,8H2,1H3,(H,25,26)(H,27,28)/b11-10-,16-12?. The average Bonchev–Trinajstić information content (AvgIpc) is 3.11. The SMILES string of the molecule is Cc1ccccc1C=C1CCc2c1oc1cc(NC(=O)/C=C\C(=O)O)ccc1c2=O. The quantitative estimate of drug-likeness (QED) is 0.640. The summed E-state index contributed by atoms with van der Waals surface area (Å²) in [5.41, 5.74) is 4.57. The Hall–Kier alpha value is -3.93. The Morgan fingerprint density at radius 3 is 2.67 bits per heavy atom. The summed E-state index contributed by atoms with van der Waals surface area (Å²) in [7, 11) is 0. The molecule has 0 fully saturated rings. The van der Waals surface area contributed by atoms with Crippen molar-refractivity contribution in [1.82, 2.24) is 0 Å². The number of fused-ring (bicyclic) bond motifs is 2. The van der Waals surface area contributed by atoms with E-state index in [1.807, 2.05) is 31.2 Å². The highest BCUT2D eigenvalue weighted by atomic mass is 16.4. The fourth-order valence-electron chi connectivity index (χ4n) is 3.57. The average molecular weight is 401 g/mol. The second-order valence-electron chi connectivity index (χ2n) is 7.14. The first-order valence-corrected chi connectivity index (χ1v) is 9.50. The fraction of sp³-hybridized carbons (Fsp3) is 0.125. The maximum atomic E-state index is 12.9. The number of benzene rings is 2. The summed E-state index contributed by atoms with van der Waals surface area (Å²) < 4.78 is 6.10. The largest absolute Gasteiger partial charge is 0.478 e. The summed E-state index contributed by atoms with van der Waals surface area (Å²) in [6.45, 7) is 2.03. The molecule has 3 aromatic rings. The number of carbonyl (C=O) groups is 2. The summed E-state index contributed by atoms with van der Waals surface area (Å²) >= 11 is 0. The number of aliphatic carboxylic acids is 1. The number of allylic oxidation sites excluding steroid dienone is 1. The van der Waals surface area contributed by atoms with E-state index in [9.17, 15) is 14.4 Å². The maximum absolute atomic E-state index is 12.9. The van der Waals surface area contributed by atoms with E-state index in [0.29, 0.717) is 34.4 Å². The van der Waals surface area contributed by atoms with Gasteiger partial charge in [-0.25, -0.2) is 4.79 Å². The smallest absolute Gasteiger partial charge is 0.328 e. The highest BCUT2D eigenvalue weighted by molar-refractivity contribution is 6.03. The molecular formula is C24H19NO5. The molecule has 6 nitrogen and oxygen atoms in total. The van der Waals surface area contributed by atoms with Gasteiger partial charge in [0, 0.05) is 29.5 Å². The number of anilines is 1. The lowest BCUT2D eigenvalue weighted by Crippen LogP contribution is -2.11. The van der Waals surface area contributed by atoms with Gasteiger partial charge in [-0.1, -0.05) is 24.3 Å². The molecule has 2 aromatic carbocycles. The van der Waals surface area contributed by atoms with Crippen molar-refractivity contribution in [3.05, 3.63) is 87.3 Å². The van der Waals surface area contributed by atoms with Crippen LogP contribution in [-0.4, -0.2) is 17.0 Å². The van der Waals surface area contributed by atoms with Crippen LogP contribution in [0.2, 0.25) is 0 Å². The molecule has 150 valence electrons. The van der Waals surface area contributed by atoms with Gasteiger partial charge >= 0.3 is 5.97 Å². The Morgan fingerprint density at radius 2 is 1.90 bits per heavy atom. The number of amides is 1. The minimum absolute atomic E-state index is 0.0666. The Bertz CT molecular complexity index is 1300. The topological polar surface area (TPSA) is 96.6 Å². The van der Waals surface area contributed by atoms with Crippen molar-refractivity contribution in [2.75, 3.05) is 5.32 Å². The molecule has 0 saturated carbocycles. The lowest BCUT2D eigenvalue weighted by atomic mass is 10.0. The zero-order valence-corrected chi connectivity index (χ0v) is 16.3. The number of hydrogen-bond donors (Lipinski definition) is 2. The lowest BCUT2D eigenvalue weighted by Gasteiger charge is -2.07. The molecule has 0 bridgehead atoms. The van der Waals surface area contributed by atoms with Crippen LogP contribution >= 0.6 is 0 Å². The molecular weight excluding hydrogens is 382 g/mol. The number of carboxylic acids is 1. The molecule has 4 rings (SSSR count). The summed E-state index contributed by atoms with van der Waals surface area (Å²) in [5.74, 6) is -1.21. The van der Waals surface area contributed by atoms with Gasteiger partial charge in [0.15, 0.2) is 5.43 Å². The number of aryl methyl sites for hydroxylation is 1. The van der Waals surface area contributed by atoms with Crippen molar-refractivity contribution in [2.24, 2.45) is 0 Å². The molecule has 0 radical (unpaired) electrons. The third-order valence-electron chi connectivity index (χ3n) is 5.09.